The molecule has 0 heterocycles. The average molecular weight is 354 g/mol. The predicted octanol–water partition coefficient (Wildman–Crippen LogP) is 3.07. The minimum atomic E-state index is -3.25. The molecule has 2 rings (SSSR count). The lowest BCUT2D eigenvalue weighted by Gasteiger charge is -2.09. The molecule has 0 aliphatic heterocycles. The van der Waals surface area contributed by atoms with Crippen LogP contribution in [-0.2, 0) is 14.6 Å². The minimum absolute atomic E-state index is 0.195. The van der Waals surface area contributed by atoms with E-state index in [9.17, 15) is 13.2 Å². The third-order valence-electron chi connectivity index (χ3n) is 3.02. The molecule has 2 aromatic carbocycles. The fourth-order valence-corrected chi connectivity index (χ4v) is 2.75. The molecule has 0 fully saturated rings. The Balaban J connectivity index is 1.94. The van der Waals surface area contributed by atoms with Crippen LogP contribution < -0.4 is 10.1 Å². The van der Waals surface area contributed by atoms with Gasteiger partial charge in [-0.15, -0.1) is 0 Å². The maximum absolute atomic E-state index is 11.9. The van der Waals surface area contributed by atoms with E-state index in [4.69, 9.17) is 16.3 Å². The van der Waals surface area contributed by atoms with Gasteiger partial charge in [-0.1, -0.05) is 17.7 Å². The zero-order valence-electron chi connectivity index (χ0n) is 12.7. The topological polar surface area (TPSA) is 72.5 Å². The molecule has 0 saturated heterocycles. The molecule has 1 N–H and O–H groups in total. The summed E-state index contributed by atoms with van der Waals surface area (Å²) in [5.74, 6) is 0.0468. The first kappa shape index (κ1) is 17.3. The van der Waals surface area contributed by atoms with Gasteiger partial charge < -0.3 is 10.1 Å². The number of amides is 1. The van der Waals surface area contributed by atoms with Gasteiger partial charge in [-0.2, -0.15) is 0 Å². The Hall–Kier alpha value is -2.05. The zero-order valence-corrected chi connectivity index (χ0v) is 14.2. The second-order valence-corrected chi connectivity index (χ2v) is 7.49. The van der Waals surface area contributed by atoms with Crippen LogP contribution in [-0.4, -0.2) is 27.2 Å². The van der Waals surface area contributed by atoms with Crippen molar-refractivity contribution in [2.45, 2.75) is 11.8 Å². The number of nitrogens with one attached hydrogen (secondary N) is 1. The number of halogens is 1. The first-order chi connectivity index (χ1) is 10.8. The number of anilines is 1. The maximum atomic E-state index is 11.9. The fourth-order valence-electron chi connectivity index (χ4n) is 1.84. The Morgan fingerprint density at radius 2 is 1.83 bits per heavy atom. The SMILES string of the molecule is Cc1ccc(NC(=O)COc2ccc(S(C)(=O)=O)cc2)c(Cl)c1. The Bertz CT molecular complexity index is 816. The van der Waals surface area contributed by atoms with E-state index in [1.807, 2.05) is 13.0 Å². The number of carbonyl (C=O) groups excluding carboxylic acids is 1. The molecule has 1 amide bonds. The van der Waals surface area contributed by atoms with Gasteiger partial charge in [0.25, 0.3) is 5.91 Å². The molecular weight excluding hydrogens is 338 g/mol. The first-order valence-corrected chi connectivity index (χ1v) is 9.01. The summed E-state index contributed by atoms with van der Waals surface area (Å²) in [6.45, 7) is 1.70. The maximum Gasteiger partial charge on any atom is 0.262 e. The number of hydrogen-bond acceptors (Lipinski definition) is 4. The van der Waals surface area contributed by atoms with E-state index < -0.39 is 9.84 Å². The van der Waals surface area contributed by atoms with Gasteiger partial charge in [0.15, 0.2) is 16.4 Å². The Kier molecular flexibility index (Phi) is 5.28. The molecule has 0 unspecified atom stereocenters. The van der Waals surface area contributed by atoms with Crippen molar-refractivity contribution in [2.75, 3.05) is 18.2 Å². The third kappa shape index (κ3) is 4.97. The number of ether oxygens (including phenoxy) is 1. The van der Waals surface area contributed by atoms with Crippen molar-refractivity contribution in [2.24, 2.45) is 0 Å². The molecular formula is C16H16ClNO4S. The molecule has 0 spiro atoms. The number of sulfone groups is 1. The van der Waals surface area contributed by atoms with Gasteiger partial charge in [0.1, 0.15) is 5.75 Å². The van der Waals surface area contributed by atoms with E-state index in [0.717, 1.165) is 11.8 Å². The highest BCUT2D eigenvalue weighted by atomic mass is 35.5. The van der Waals surface area contributed by atoms with Gasteiger partial charge in [-0.25, -0.2) is 8.42 Å². The highest BCUT2D eigenvalue weighted by Crippen LogP contribution is 2.22. The third-order valence-corrected chi connectivity index (χ3v) is 4.46. The van der Waals surface area contributed by atoms with Crippen molar-refractivity contribution in [1.82, 2.24) is 0 Å². The summed E-state index contributed by atoms with van der Waals surface area (Å²) >= 11 is 6.04. The standard InChI is InChI=1S/C16H16ClNO4S/c1-11-3-8-15(14(17)9-11)18-16(19)10-22-12-4-6-13(7-5-12)23(2,20)21/h3-9H,10H2,1-2H3,(H,18,19). The molecule has 0 aliphatic carbocycles. The predicted molar refractivity (Wildman–Crippen MR) is 89.9 cm³/mol. The number of hydrogen-bond donors (Lipinski definition) is 1. The Morgan fingerprint density at radius 1 is 1.17 bits per heavy atom. The van der Waals surface area contributed by atoms with Crippen LogP contribution >= 0.6 is 11.6 Å². The van der Waals surface area contributed by atoms with Crippen molar-refractivity contribution in [3.63, 3.8) is 0 Å². The molecule has 0 aromatic heterocycles. The normalized spacial score (nSPS) is 11.1. The van der Waals surface area contributed by atoms with Gasteiger partial charge in [0, 0.05) is 6.26 Å². The summed E-state index contributed by atoms with van der Waals surface area (Å²) < 4.78 is 28.0. The van der Waals surface area contributed by atoms with Crippen LogP contribution in [0, 0.1) is 6.92 Å². The average Bonchev–Trinajstić information content (AvgIpc) is 2.47. The van der Waals surface area contributed by atoms with E-state index in [-0.39, 0.29) is 17.4 Å². The van der Waals surface area contributed by atoms with E-state index in [2.05, 4.69) is 5.32 Å². The molecule has 0 bridgehead atoms. The van der Waals surface area contributed by atoms with E-state index in [0.29, 0.717) is 16.5 Å². The number of benzene rings is 2. The largest absolute Gasteiger partial charge is 0.484 e. The molecule has 2 aromatic rings. The molecule has 23 heavy (non-hydrogen) atoms. The van der Waals surface area contributed by atoms with Crippen molar-refractivity contribution < 1.29 is 17.9 Å². The fraction of sp³-hybridized carbons (Fsp3) is 0.188. The molecule has 7 heteroatoms. The highest BCUT2D eigenvalue weighted by Gasteiger charge is 2.09. The van der Waals surface area contributed by atoms with Crippen LogP contribution in [0.5, 0.6) is 5.75 Å². The lowest BCUT2D eigenvalue weighted by atomic mass is 10.2. The minimum Gasteiger partial charge on any atom is -0.484 e. The number of carbonyl (C=O) groups is 1. The zero-order chi connectivity index (χ0) is 17.0. The van der Waals surface area contributed by atoms with Gasteiger partial charge in [-0.3, -0.25) is 4.79 Å². The van der Waals surface area contributed by atoms with Gasteiger partial charge in [0.05, 0.1) is 15.6 Å². The van der Waals surface area contributed by atoms with Crippen LogP contribution in [0.25, 0.3) is 0 Å². The Labute approximate surface area is 140 Å². The summed E-state index contributed by atoms with van der Waals surface area (Å²) in [5, 5.41) is 3.11. The lowest BCUT2D eigenvalue weighted by molar-refractivity contribution is -0.118. The second kappa shape index (κ2) is 7.02. The van der Waals surface area contributed by atoms with Crippen LogP contribution in [0.15, 0.2) is 47.4 Å². The summed E-state index contributed by atoms with van der Waals surface area (Å²) in [6.07, 6.45) is 1.13. The number of aryl methyl sites for hydroxylation is 1. The molecule has 122 valence electrons. The van der Waals surface area contributed by atoms with E-state index >= 15 is 0 Å². The smallest absolute Gasteiger partial charge is 0.262 e. The molecule has 5 nitrogen and oxygen atoms in total. The van der Waals surface area contributed by atoms with Gasteiger partial charge in [0.2, 0.25) is 0 Å². The second-order valence-electron chi connectivity index (χ2n) is 5.06. The summed E-state index contributed by atoms with van der Waals surface area (Å²) in [5.41, 5.74) is 1.51. The van der Waals surface area contributed by atoms with E-state index in [1.165, 1.54) is 24.3 Å². The highest BCUT2D eigenvalue weighted by molar-refractivity contribution is 7.90. The van der Waals surface area contributed by atoms with Crippen molar-refractivity contribution in [3.05, 3.63) is 53.1 Å². The van der Waals surface area contributed by atoms with Gasteiger partial charge in [-0.05, 0) is 48.9 Å². The van der Waals surface area contributed by atoms with Crippen LogP contribution in [0.3, 0.4) is 0 Å². The van der Waals surface area contributed by atoms with E-state index in [1.54, 1.807) is 12.1 Å². The first-order valence-electron chi connectivity index (χ1n) is 6.74. The van der Waals surface area contributed by atoms with Crippen LogP contribution in [0.1, 0.15) is 5.56 Å². The number of rotatable bonds is 5. The quantitative estimate of drug-likeness (QED) is 0.896. The monoisotopic (exact) mass is 353 g/mol. The van der Waals surface area contributed by atoms with Gasteiger partial charge >= 0.3 is 0 Å². The van der Waals surface area contributed by atoms with Crippen molar-refractivity contribution in [3.8, 4) is 5.75 Å². The molecule has 0 saturated carbocycles. The lowest BCUT2D eigenvalue weighted by Crippen LogP contribution is -2.20. The molecule has 0 atom stereocenters. The van der Waals surface area contributed by atoms with Crippen molar-refractivity contribution >= 4 is 33.0 Å². The summed E-state index contributed by atoms with van der Waals surface area (Å²) in [6, 6.07) is 11.2. The summed E-state index contributed by atoms with van der Waals surface area (Å²) in [4.78, 5) is 12.1. The summed E-state index contributed by atoms with van der Waals surface area (Å²) in [7, 11) is -3.25. The van der Waals surface area contributed by atoms with Crippen molar-refractivity contribution in [1.29, 1.82) is 0 Å². The van der Waals surface area contributed by atoms with Crippen LogP contribution in [0.2, 0.25) is 5.02 Å². The van der Waals surface area contributed by atoms with Crippen LogP contribution in [0.4, 0.5) is 5.69 Å². The molecule has 0 aliphatic rings. The molecule has 0 radical (unpaired) electrons. The Morgan fingerprint density at radius 3 is 2.39 bits per heavy atom.